The Morgan fingerprint density at radius 1 is 0.868 bits per heavy atom. The number of piperidine rings is 1. The molecule has 2 atom stereocenters. The summed E-state index contributed by atoms with van der Waals surface area (Å²) in [4.78, 5) is 19.5. The average molecular weight is 512 g/mol. The van der Waals surface area contributed by atoms with Crippen molar-refractivity contribution in [3.05, 3.63) is 78.4 Å². The summed E-state index contributed by atoms with van der Waals surface area (Å²) in [5, 5.41) is 0. The van der Waals surface area contributed by atoms with Gasteiger partial charge in [0.15, 0.2) is 11.5 Å². The van der Waals surface area contributed by atoms with Crippen molar-refractivity contribution < 1.29 is 14.3 Å². The topological polar surface area (TPSA) is 45.3 Å². The fraction of sp³-hybridized carbons (Fsp3) is 0.406. The van der Waals surface area contributed by atoms with Gasteiger partial charge in [0, 0.05) is 43.8 Å². The number of hydrogen-bond donors (Lipinski definition) is 0. The van der Waals surface area contributed by atoms with Gasteiger partial charge in [-0.1, -0.05) is 42.5 Å². The molecule has 6 rings (SSSR count). The van der Waals surface area contributed by atoms with Crippen LogP contribution in [0.15, 0.2) is 72.8 Å². The molecule has 3 aromatic carbocycles. The third-order valence-electron chi connectivity index (χ3n) is 8.49. The Balaban J connectivity index is 1.23. The van der Waals surface area contributed by atoms with Crippen molar-refractivity contribution in [2.75, 3.05) is 24.5 Å². The molecule has 2 saturated heterocycles. The molecule has 6 heteroatoms. The maximum Gasteiger partial charge on any atom is 0.415 e. The second-order valence-electron chi connectivity index (χ2n) is 10.6. The molecule has 0 radical (unpaired) electrons. The van der Waals surface area contributed by atoms with E-state index < -0.39 is 0 Å². The second-order valence-corrected chi connectivity index (χ2v) is 10.6. The maximum atomic E-state index is 12.6. The van der Waals surface area contributed by atoms with E-state index in [0.29, 0.717) is 37.0 Å². The highest BCUT2D eigenvalue weighted by Crippen LogP contribution is 2.51. The minimum absolute atomic E-state index is 0.331. The van der Waals surface area contributed by atoms with Crippen LogP contribution in [0.4, 0.5) is 16.2 Å². The zero-order valence-corrected chi connectivity index (χ0v) is 22.4. The van der Waals surface area contributed by atoms with Crippen LogP contribution in [0, 0.1) is 0 Å². The van der Waals surface area contributed by atoms with Gasteiger partial charge >= 0.3 is 6.09 Å². The predicted octanol–water partition coefficient (Wildman–Crippen LogP) is 7.01. The first-order valence-electron chi connectivity index (χ1n) is 14.1. The number of para-hydroxylation sites is 2. The van der Waals surface area contributed by atoms with Gasteiger partial charge in [-0.2, -0.15) is 0 Å². The summed E-state index contributed by atoms with van der Waals surface area (Å²) in [5.41, 5.74) is 3.59. The summed E-state index contributed by atoms with van der Waals surface area (Å²) in [5.74, 6) is 2.11. The SMILES string of the molecule is CCN(CC)C(=O)Oc1ccc2c(c1)Oc1ccccc1N2C1CC2CCC(C1)N2CCc1ccccc1. The fourth-order valence-corrected chi connectivity index (χ4v) is 6.59. The number of nitrogens with zero attached hydrogens (tertiary/aromatic N) is 3. The van der Waals surface area contributed by atoms with Gasteiger partial charge in [0.05, 0.1) is 11.4 Å². The number of carbonyl (C=O) groups is 1. The lowest BCUT2D eigenvalue weighted by molar-refractivity contribution is 0.129. The lowest BCUT2D eigenvalue weighted by Gasteiger charge is -2.46. The number of hydrogen-bond acceptors (Lipinski definition) is 5. The number of amides is 1. The molecule has 0 aliphatic carbocycles. The Hall–Kier alpha value is -3.51. The molecule has 198 valence electrons. The Labute approximate surface area is 225 Å². The van der Waals surface area contributed by atoms with Crippen LogP contribution in [0.1, 0.15) is 45.1 Å². The quantitative estimate of drug-likeness (QED) is 0.341. The number of ether oxygens (including phenoxy) is 2. The third-order valence-corrected chi connectivity index (χ3v) is 8.49. The molecule has 3 aliphatic heterocycles. The van der Waals surface area contributed by atoms with Crippen LogP contribution in [-0.2, 0) is 6.42 Å². The van der Waals surface area contributed by atoms with Crippen LogP contribution < -0.4 is 14.4 Å². The summed E-state index contributed by atoms with van der Waals surface area (Å²) in [7, 11) is 0. The van der Waals surface area contributed by atoms with Gasteiger partial charge in [-0.25, -0.2) is 4.79 Å². The zero-order chi connectivity index (χ0) is 26.1. The third kappa shape index (κ3) is 4.73. The minimum Gasteiger partial charge on any atom is -0.453 e. The highest BCUT2D eigenvalue weighted by atomic mass is 16.6. The van der Waals surface area contributed by atoms with Crippen molar-refractivity contribution in [2.24, 2.45) is 0 Å². The van der Waals surface area contributed by atoms with Crippen molar-refractivity contribution >= 4 is 17.5 Å². The molecule has 3 heterocycles. The molecule has 2 fully saturated rings. The number of rotatable bonds is 7. The second kappa shape index (κ2) is 10.7. The summed E-state index contributed by atoms with van der Waals surface area (Å²) in [6.45, 7) is 6.27. The molecule has 6 nitrogen and oxygen atoms in total. The van der Waals surface area contributed by atoms with Crippen molar-refractivity contribution in [1.82, 2.24) is 9.80 Å². The minimum atomic E-state index is -0.331. The largest absolute Gasteiger partial charge is 0.453 e. The highest BCUT2D eigenvalue weighted by Gasteiger charge is 2.44. The number of anilines is 2. The molecule has 2 unspecified atom stereocenters. The lowest BCUT2D eigenvalue weighted by Crippen LogP contribution is -2.50. The first-order valence-corrected chi connectivity index (χ1v) is 14.1. The Morgan fingerprint density at radius 3 is 2.29 bits per heavy atom. The Morgan fingerprint density at radius 2 is 1.55 bits per heavy atom. The number of benzene rings is 3. The van der Waals surface area contributed by atoms with Gasteiger partial charge in [-0.3, -0.25) is 4.90 Å². The van der Waals surface area contributed by atoms with Crippen LogP contribution in [-0.4, -0.2) is 53.7 Å². The van der Waals surface area contributed by atoms with Crippen molar-refractivity contribution in [1.29, 1.82) is 0 Å². The number of carbonyl (C=O) groups excluding carboxylic acids is 1. The highest BCUT2D eigenvalue weighted by molar-refractivity contribution is 5.80. The van der Waals surface area contributed by atoms with Crippen molar-refractivity contribution in [3.8, 4) is 17.2 Å². The van der Waals surface area contributed by atoms with E-state index in [1.54, 1.807) is 4.90 Å². The first-order chi connectivity index (χ1) is 18.6. The summed E-state index contributed by atoms with van der Waals surface area (Å²) < 4.78 is 12.1. The van der Waals surface area contributed by atoms with Gasteiger partial charge in [-0.15, -0.1) is 0 Å². The molecule has 3 aromatic rings. The van der Waals surface area contributed by atoms with E-state index in [1.165, 1.54) is 18.4 Å². The van der Waals surface area contributed by atoms with Crippen molar-refractivity contribution in [2.45, 2.75) is 64.1 Å². The molecule has 0 N–H and O–H groups in total. The van der Waals surface area contributed by atoms with E-state index in [2.05, 4.69) is 58.3 Å². The Bertz CT molecular complexity index is 1260. The predicted molar refractivity (Wildman–Crippen MR) is 151 cm³/mol. The summed E-state index contributed by atoms with van der Waals surface area (Å²) in [6, 6.07) is 26.6. The first kappa shape index (κ1) is 24.8. The van der Waals surface area contributed by atoms with Crippen LogP contribution >= 0.6 is 0 Å². The smallest absolute Gasteiger partial charge is 0.415 e. The van der Waals surface area contributed by atoms with Gasteiger partial charge in [-0.05, 0) is 75.8 Å². The van der Waals surface area contributed by atoms with Crippen molar-refractivity contribution in [3.63, 3.8) is 0 Å². The molecule has 1 amide bonds. The van der Waals surface area contributed by atoms with E-state index in [-0.39, 0.29) is 6.09 Å². The molecule has 2 bridgehead atoms. The lowest BCUT2D eigenvalue weighted by atomic mass is 9.93. The standard InChI is InChI=1S/C32H37N3O3/c1-3-33(4-2)32(36)37-27-16-17-29-31(22-27)38-30-13-9-8-12-28(30)35(29)26-20-24-14-15-25(21-26)34(24)19-18-23-10-6-5-7-11-23/h5-13,16-17,22,24-26H,3-4,14-15,18-21H2,1-2H3. The molecule has 0 saturated carbocycles. The molecular weight excluding hydrogens is 474 g/mol. The maximum absolute atomic E-state index is 12.6. The van der Waals surface area contributed by atoms with Gasteiger partial charge in [0.1, 0.15) is 5.75 Å². The monoisotopic (exact) mass is 511 g/mol. The van der Waals surface area contributed by atoms with E-state index in [1.807, 2.05) is 38.1 Å². The average Bonchev–Trinajstić information content (AvgIpc) is 3.18. The summed E-state index contributed by atoms with van der Waals surface area (Å²) in [6.07, 6.45) is 5.60. The van der Waals surface area contributed by atoms with E-state index in [4.69, 9.17) is 9.47 Å². The molecular formula is C32H37N3O3. The van der Waals surface area contributed by atoms with E-state index >= 15 is 0 Å². The van der Waals surface area contributed by atoms with Crippen LogP contribution in [0.25, 0.3) is 0 Å². The van der Waals surface area contributed by atoms with E-state index in [9.17, 15) is 4.79 Å². The van der Waals surface area contributed by atoms with E-state index in [0.717, 1.165) is 48.7 Å². The fourth-order valence-electron chi connectivity index (χ4n) is 6.59. The van der Waals surface area contributed by atoms with Gasteiger partial charge < -0.3 is 19.3 Å². The molecule has 3 aliphatic rings. The number of fused-ring (bicyclic) bond motifs is 4. The molecule has 0 aromatic heterocycles. The molecule has 0 spiro atoms. The summed E-state index contributed by atoms with van der Waals surface area (Å²) >= 11 is 0. The van der Waals surface area contributed by atoms with Crippen LogP contribution in [0.3, 0.4) is 0 Å². The zero-order valence-electron chi connectivity index (χ0n) is 22.4. The Kier molecular flexibility index (Phi) is 6.98. The molecule has 38 heavy (non-hydrogen) atoms. The van der Waals surface area contributed by atoms with Crippen LogP contribution in [0.5, 0.6) is 17.2 Å². The van der Waals surface area contributed by atoms with Crippen LogP contribution in [0.2, 0.25) is 0 Å². The van der Waals surface area contributed by atoms with Gasteiger partial charge in [0.25, 0.3) is 0 Å². The normalized spacial score (nSPS) is 21.8. The van der Waals surface area contributed by atoms with Gasteiger partial charge in [0.2, 0.25) is 0 Å².